The molecule has 1 aromatic rings. The Morgan fingerprint density at radius 2 is 1.79 bits per heavy atom. The Kier molecular flexibility index (Phi) is 3.02. The third kappa shape index (κ3) is 1.68. The largest absolute Gasteiger partial charge is 0.494 e. The summed E-state index contributed by atoms with van der Waals surface area (Å²) in [6.07, 6.45) is 0. The van der Waals surface area contributed by atoms with Crippen molar-refractivity contribution in [3.05, 3.63) is 23.5 Å². The molecule has 0 aliphatic rings. The van der Waals surface area contributed by atoms with Crippen LogP contribution in [0.5, 0.6) is 5.75 Å². The number of rotatable bonds is 2. The van der Waals surface area contributed by atoms with Gasteiger partial charge < -0.3 is 14.8 Å². The third-order valence-electron chi connectivity index (χ3n) is 1.64. The van der Waals surface area contributed by atoms with Gasteiger partial charge in [0.05, 0.1) is 12.6 Å². The zero-order valence-electron chi connectivity index (χ0n) is 7.09. The maximum Gasteiger partial charge on any atom is 0.494 e. The minimum atomic E-state index is -2.41. The van der Waals surface area contributed by atoms with Crippen molar-refractivity contribution >= 4 is 12.6 Å². The van der Waals surface area contributed by atoms with E-state index in [0.29, 0.717) is 6.07 Å². The monoisotopic (exact) mass is 206 g/mol. The minimum Gasteiger partial charge on any atom is -0.493 e. The second kappa shape index (κ2) is 3.89. The van der Waals surface area contributed by atoms with Gasteiger partial charge in [0.25, 0.3) is 0 Å². The first-order valence-corrected chi connectivity index (χ1v) is 3.56. The van der Waals surface area contributed by atoms with Gasteiger partial charge in [-0.15, -0.1) is 0 Å². The van der Waals surface area contributed by atoms with Gasteiger partial charge in [-0.3, -0.25) is 0 Å². The van der Waals surface area contributed by atoms with E-state index in [1.54, 1.807) is 0 Å². The highest BCUT2D eigenvalue weighted by molar-refractivity contribution is 6.58. The molecule has 0 atom stereocenters. The van der Waals surface area contributed by atoms with E-state index in [1.807, 2.05) is 0 Å². The van der Waals surface area contributed by atoms with E-state index in [0.717, 1.165) is 7.11 Å². The molecular weight excluding hydrogens is 200 g/mol. The predicted octanol–water partition coefficient (Wildman–Crippen LogP) is -0.208. The molecule has 1 rings (SSSR count). The van der Waals surface area contributed by atoms with E-state index >= 15 is 0 Å². The zero-order chi connectivity index (χ0) is 10.9. The van der Waals surface area contributed by atoms with Crippen molar-refractivity contribution < 1.29 is 28.0 Å². The standard InChI is InChI=1S/C7H6BF3O3/c1-14-4-2-3(9)5(8(12)13)7(11)6(4)10/h2,12-13H,1H3. The summed E-state index contributed by atoms with van der Waals surface area (Å²) in [5.74, 6) is -5.05. The van der Waals surface area contributed by atoms with Gasteiger partial charge >= 0.3 is 7.12 Å². The van der Waals surface area contributed by atoms with Crippen molar-refractivity contribution in [3.63, 3.8) is 0 Å². The number of ether oxygens (including phenoxy) is 1. The lowest BCUT2D eigenvalue weighted by Gasteiger charge is -2.07. The Labute approximate surface area is 77.9 Å². The van der Waals surface area contributed by atoms with Gasteiger partial charge in [0.1, 0.15) is 5.82 Å². The summed E-state index contributed by atoms with van der Waals surface area (Å²) in [4.78, 5) is 0. The average Bonchev–Trinajstić information content (AvgIpc) is 2.10. The second-order valence-electron chi connectivity index (χ2n) is 2.48. The molecule has 0 aliphatic carbocycles. The molecule has 2 N–H and O–H groups in total. The van der Waals surface area contributed by atoms with Crippen molar-refractivity contribution in [2.75, 3.05) is 7.11 Å². The number of hydrogen-bond acceptors (Lipinski definition) is 3. The Balaban J connectivity index is 3.41. The first-order valence-electron chi connectivity index (χ1n) is 3.56. The highest BCUT2D eigenvalue weighted by Gasteiger charge is 2.27. The molecule has 0 saturated carbocycles. The molecule has 0 unspecified atom stereocenters. The molecule has 0 spiro atoms. The molecule has 76 valence electrons. The number of methoxy groups -OCH3 is 1. The first-order chi connectivity index (χ1) is 6.49. The molecule has 0 heterocycles. The summed E-state index contributed by atoms with van der Waals surface area (Å²) in [7, 11) is -1.37. The maximum atomic E-state index is 12.9. The van der Waals surface area contributed by atoms with Crippen LogP contribution in [0.2, 0.25) is 0 Å². The van der Waals surface area contributed by atoms with Crippen LogP contribution in [0.15, 0.2) is 6.07 Å². The van der Waals surface area contributed by atoms with Gasteiger partial charge in [-0.2, -0.15) is 4.39 Å². The summed E-state index contributed by atoms with van der Waals surface area (Å²) < 4.78 is 43.1. The molecule has 0 fully saturated rings. The lowest BCUT2D eigenvalue weighted by atomic mass is 9.79. The van der Waals surface area contributed by atoms with Crippen LogP contribution in [0.3, 0.4) is 0 Å². The molecule has 7 heteroatoms. The highest BCUT2D eigenvalue weighted by Crippen LogP contribution is 2.19. The van der Waals surface area contributed by atoms with Gasteiger partial charge in [-0.1, -0.05) is 0 Å². The Morgan fingerprint density at radius 3 is 2.21 bits per heavy atom. The minimum absolute atomic E-state index is 0.535. The predicted molar refractivity (Wildman–Crippen MR) is 42.7 cm³/mol. The van der Waals surface area contributed by atoms with Crippen LogP contribution in [-0.4, -0.2) is 24.3 Å². The van der Waals surface area contributed by atoms with E-state index < -0.39 is 35.8 Å². The highest BCUT2D eigenvalue weighted by atomic mass is 19.2. The molecular formula is C7H6BF3O3. The molecule has 0 aromatic heterocycles. The molecule has 3 nitrogen and oxygen atoms in total. The molecule has 14 heavy (non-hydrogen) atoms. The number of hydrogen-bond donors (Lipinski definition) is 2. The zero-order valence-corrected chi connectivity index (χ0v) is 7.09. The molecule has 1 aromatic carbocycles. The molecule has 0 bridgehead atoms. The average molecular weight is 206 g/mol. The van der Waals surface area contributed by atoms with Crippen LogP contribution in [-0.2, 0) is 0 Å². The van der Waals surface area contributed by atoms with Crippen LogP contribution in [0.25, 0.3) is 0 Å². The van der Waals surface area contributed by atoms with Crippen LogP contribution in [0.1, 0.15) is 0 Å². The topological polar surface area (TPSA) is 49.7 Å². The van der Waals surface area contributed by atoms with Crippen LogP contribution >= 0.6 is 0 Å². The second-order valence-corrected chi connectivity index (χ2v) is 2.48. The fourth-order valence-electron chi connectivity index (χ4n) is 0.973. The van der Waals surface area contributed by atoms with Crippen molar-refractivity contribution in [2.45, 2.75) is 0 Å². The van der Waals surface area contributed by atoms with E-state index in [-0.39, 0.29) is 0 Å². The van der Waals surface area contributed by atoms with Crippen molar-refractivity contribution in [3.8, 4) is 5.75 Å². The van der Waals surface area contributed by atoms with Gasteiger partial charge in [0, 0.05) is 6.07 Å². The van der Waals surface area contributed by atoms with Gasteiger partial charge in [0.15, 0.2) is 17.4 Å². The van der Waals surface area contributed by atoms with Crippen molar-refractivity contribution in [1.29, 1.82) is 0 Å². The smallest absolute Gasteiger partial charge is 0.493 e. The van der Waals surface area contributed by atoms with E-state index in [9.17, 15) is 13.2 Å². The Morgan fingerprint density at radius 1 is 1.21 bits per heavy atom. The quantitative estimate of drug-likeness (QED) is 0.520. The van der Waals surface area contributed by atoms with Crippen molar-refractivity contribution in [1.82, 2.24) is 0 Å². The van der Waals surface area contributed by atoms with Crippen LogP contribution < -0.4 is 10.2 Å². The summed E-state index contributed by atoms with van der Waals surface area (Å²) in [6, 6.07) is 0.535. The Hall–Kier alpha value is -1.21. The summed E-state index contributed by atoms with van der Waals surface area (Å²) in [6.45, 7) is 0. The molecule has 0 saturated heterocycles. The van der Waals surface area contributed by atoms with E-state index in [2.05, 4.69) is 4.74 Å². The summed E-state index contributed by atoms with van der Waals surface area (Å²) >= 11 is 0. The lowest BCUT2D eigenvalue weighted by molar-refractivity contribution is 0.365. The number of halogens is 3. The number of benzene rings is 1. The molecule has 0 radical (unpaired) electrons. The first kappa shape index (κ1) is 10.9. The van der Waals surface area contributed by atoms with Crippen LogP contribution in [0.4, 0.5) is 13.2 Å². The third-order valence-corrected chi connectivity index (χ3v) is 1.64. The molecule has 0 amide bonds. The maximum absolute atomic E-state index is 12.9. The van der Waals surface area contributed by atoms with Gasteiger partial charge in [-0.05, 0) is 0 Å². The summed E-state index contributed by atoms with van der Waals surface area (Å²) in [5.41, 5.74) is -1.14. The Bertz CT molecular complexity index is 357. The van der Waals surface area contributed by atoms with E-state index in [1.165, 1.54) is 0 Å². The van der Waals surface area contributed by atoms with Crippen LogP contribution in [0, 0.1) is 17.5 Å². The summed E-state index contributed by atoms with van der Waals surface area (Å²) in [5, 5.41) is 17.1. The van der Waals surface area contributed by atoms with Gasteiger partial charge in [0.2, 0.25) is 0 Å². The fourth-order valence-corrected chi connectivity index (χ4v) is 0.973. The van der Waals surface area contributed by atoms with E-state index in [4.69, 9.17) is 10.0 Å². The normalized spacial score (nSPS) is 10.1. The van der Waals surface area contributed by atoms with Gasteiger partial charge in [-0.25, -0.2) is 8.78 Å². The lowest BCUT2D eigenvalue weighted by Crippen LogP contribution is -2.36. The fraction of sp³-hybridized carbons (Fsp3) is 0.143. The van der Waals surface area contributed by atoms with Crippen molar-refractivity contribution in [2.24, 2.45) is 0 Å². The molecule has 0 aliphatic heterocycles. The SMILES string of the molecule is COc1cc(F)c(B(O)O)c(F)c1F.